The Balaban J connectivity index is 1.71. The molecule has 0 amide bonds. The van der Waals surface area contributed by atoms with Gasteiger partial charge in [-0.15, -0.1) is 0 Å². The standard InChI is InChI=1S/C23H21N5/c24-13-4-5-16-8-10-17(11-9-16)23-27-20-15-26-22-19(12-14-25-22)21(20)28(23)18-6-2-1-3-7-18/h4-5,8-12,14-15,18H,1-3,6-7H2,(H,25,26)/b5-4+. The normalized spacial score (nSPS) is 15.5. The number of pyridine rings is 1. The predicted octanol–water partition coefficient (Wildman–Crippen LogP) is 5.62. The molecule has 0 unspecified atom stereocenters. The van der Waals surface area contributed by atoms with Gasteiger partial charge in [-0.1, -0.05) is 43.5 Å². The summed E-state index contributed by atoms with van der Waals surface area (Å²) in [4.78, 5) is 12.8. The maximum absolute atomic E-state index is 8.73. The van der Waals surface area contributed by atoms with E-state index in [9.17, 15) is 0 Å². The highest BCUT2D eigenvalue weighted by Gasteiger charge is 2.24. The molecule has 28 heavy (non-hydrogen) atoms. The highest BCUT2D eigenvalue weighted by molar-refractivity contribution is 6.02. The van der Waals surface area contributed by atoms with Crippen molar-refractivity contribution >= 4 is 28.1 Å². The summed E-state index contributed by atoms with van der Waals surface area (Å²) < 4.78 is 2.45. The third-order valence-electron chi connectivity index (χ3n) is 5.69. The lowest BCUT2D eigenvalue weighted by Gasteiger charge is -2.26. The zero-order valence-electron chi connectivity index (χ0n) is 15.6. The summed E-state index contributed by atoms with van der Waals surface area (Å²) >= 11 is 0. The van der Waals surface area contributed by atoms with E-state index in [1.807, 2.05) is 36.7 Å². The van der Waals surface area contributed by atoms with E-state index in [1.54, 1.807) is 0 Å². The van der Waals surface area contributed by atoms with Gasteiger partial charge in [0.2, 0.25) is 0 Å². The average molecular weight is 367 g/mol. The van der Waals surface area contributed by atoms with Crippen LogP contribution in [-0.4, -0.2) is 19.5 Å². The first-order chi connectivity index (χ1) is 13.8. The molecule has 3 heterocycles. The highest BCUT2D eigenvalue weighted by atomic mass is 15.1. The lowest BCUT2D eigenvalue weighted by atomic mass is 9.94. The SMILES string of the molecule is N#C/C=C/c1ccc(-c2nc3cnc4[nH]ccc4c3n2C2CCCCC2)cc1. The maximum atomic E-state index is 8.73. The quantitative estimate of drug-likeness (QED) is 0.478. The molecule has 138 valence electrons. The first-order valence-corrected chi connectivity index (χ1v) is 9.86. The molecule has 0 aliphatic heterocycles. The van der Waals surface area contributed by atoms with E-state index in [2.05, 4.69) is 32.7 Å². The van der Waals surface area contributed by atoms with Crippen LogP contribution in [0, 0.1) is 11.3 Å². The third kappa shape index (κ3) is 2.78. The lowest BCUT2D eigenvalue weighted by Crippen LogP contribution is -2.14. The Morgan fingerprint density at radius 3 is 2.71 bits per heavy atom. The fourth-order valence-electron chi connectivity index (χ4n) is 4.37. The second-order valence-corrected chi connectivity index (χ2v) is 7.41. The van der Waals surface area contributed by atoms with Crippen LogP contribution in [0.4, 0.5) is 0 Å². The summed E-state index contributed by atoms with van der Waals surface area (Å²) in [7, 11) is 0. The van der Waals surface area contributed by atoms with Crippen LogP contribution in [-0.2, 0) is 0 Å². The van der Waals surface area contributed by atoms with E-state index in [0.717, 1.165) is 33.5 Å². The Bertz CT molecular complexity index is 1200. The van der Waals surface area contributed by atoms with Crippen molar-refractivity contribution in [2.24, 2.45) is 0 Å². The number of hydrogen-bond donors (Lipinski definition) is 1. The van der Waals surface area contributed by atoms with Crippen LogP contribution in [0.5, 0.6) is 0 Å². The molecule has 0 radical (unpaired) electrons. The molecule has 1 fully saturated rings. The zero-order chi connectivity index (χ0) is 18.9. The van der Waals surface area contributed by atoms with Gasteiger partial charge < -0.3 is 9.55 Å². The molecule has 1 N–H and O–H groups in total. The summed E-state index contributed by atoms with van der Waals surface area (Å²) in [6.45, 7) is 0. The van der Waals surface area contributed by atoms with E-state index in [4.69, 9.17) is 10.2 Å². The smallest absolute Gasteiger partial charge is 0.141 e. The maximum Gasteiger partial charge on any atom is 0.141 e. The minimum absolute atomic E-state index is 0.465. The number of H-pyrrole nitrogens is 1. The molecule has 0 bridgehead atoms. The lowest BCUT2D eigenvalue weighted by molar-refractivity contribution is 0.362. The number of nitriles is 1. The number of benzene rings is 1. The molecule has 0 spiro atoms. The second kappa shape index (κ2) is 6.97. The monoisotopic (exact) mass is 367 g/mol. The molecule has 1 aliphatic rings. The predicted molar refractivity (Wildman–Crippen MR) is 112 cm³/mol. The molecule has 5 heteroatoms. The molecule has 1 saturated carbocycles. The summed E-state index contributed by atoms with van der Waals surface area (Å²) in [5.74, 6) is 1.01. The molecule has 1 aliphatic carbocycles. The molecule has 0 saturated heterocycles. The third-order valence-corrected chi connectivity index (χ3v) is 5.69. The number of hydrogen-bond acceptors (Lipinski definition) is 3. The van der Waals surface area contributed by atoms with E-state index in [-0.39, 0.29) is 0 Å². The van der Waals surface area contributed by atoms with Crippen LogP contribution in [0.2, 0.25) is 0 Å². The van der Waals surface area contributed by atoms with Crippen LogP contribution in [0.1, 0.15) is 43.7 Å². The van der Waals surface area contributed by atoms with Crippen LogP contribution < -0.4 is 0 Å². The van der Waals surface area contributed by atoms with Gasteiger partial charge in [-0.3, -0.25) is 0 Å². The fraction of sp³-hybridized carbons (Fsp3) is 0.261. The first kappa shape index (κ1) is 16.8. The first-order valence-electron chi connectivity index (χ1n) is 9.86. The topological polar surface area (TPSA) is 70.3 Å². The van der Waals surface area contributed by atoms with Gasteiger partial charge in [0, 0.05) is 29.3 Å². The van der Waals surface area contributed by atoms with Crippen LogP contribution >= 0.6 is 0 Å². The molecule has 1 aromatic carbocycles. The Labute approximate surface area is 163 Å². The summed E-state index contributed by atoms with van der Waals surface area (Å²) in [6, 6.07) is 12.9. The molecular weight excluding hydrogens is 346 g/mol. The molecule has 5 nitrogen and oxygen atoms in total. The van der Waals surface area contributed by atoms with Gasteiger partial charge in [-0.25, -0.2) is 9.97 Å². The van der Waals surface area contributed by atoms with E-state index in [1.165, 1.54) is 43.7 Å². The summed E-state index contributed by atoms with van der Waals surface area (Å²) in [5, 5.41) is 9.87. The van der Waals surface area contributed by atoms with Crippen LogP contribution in [0.25, 0.3) is 39.5 Å². The van der Waals surface area contributed by atoms with Crippen molar-refractivity contribution in [1.29, 1.82) is 5.26 Å². The number of rotatable bonds is 3. The number of nitrogens with one attached hydrogen (secondary N) is 1. The number of fused-ring (bicyclic) bond motifs is 3. The number of aromatic nitrogens is 4. The number of imidazole rings is 1. The Hall–Kier alpha value is -3.39. The molecule has 0 atom stereocenters. The Kier molecular flexibility index (Phi) is 4.17. The molecule has 4 aromatic rings. The van der Waals surface area contributed by atoms with Crippen molar-refractivity contribution in [2.75, 3.05) is 0 Å². The minimum Gasteiger partial charge on any atom is -0.346 e. The van der Waals surface area contributed by atoms with Crippen molar-refractivity contribution in [3.8, 4) is 17.5 Å². The van der Waals surface area contributed by atoms with Crippen molar-refractivity contribution < 1.29 is 0 Å². The molecule has 3 aromatic heterocycles. The van der Waals surface area contributed by atoms with Crippen LogP contribution in [0.3, 0.4) is 0 Å². The number of nitrogens with zero attached hydrogens (tertiary/aromatic N) is 4. The van der Waals surface area contributed by atoms with Gasteiger partial charge in [0.1, 0.15) is 17.0 Å². The van der Waals surface area contributed by atoms with Crippen LogP contribution in [0.15, 0.2) is 48.8 Å². The molecular formula is C23H21N5. The highest BCUT2D eigenvalue weighted by Crippen LogP contribution is 2.37. The number of aromatic amines is 1. The van der Waals surface area contributed by atoms with Crippen molar-refractivity contribution in [3.63, 3.8) is 0 Å². The van der Waals surface area contributed by atoms with Gasteiger partial charge in [0.15, 0.2) is 0 Å². The number of allylic oxidation sites excluding steroid dienone is 1. The van der Waals surface area contributed by atoms with Gasteiger partial charge in [0.25, 0.3) is 0 Å². The Morgan fingerprint density at radius 2 is 1.93 bits per heavy atom. The largest absolute Gasteiger partial charge is 0.346 e. The van der Waals surface area contributed by atoms with Crippen molar-refractivity contribution in [1.82, 2.24) is 19.5 Å². The summed E-state index contributed by atoms with van der Waals surface area (Å²) in [6.07, 6.45) is 13.4. The minimum atomic E-state index is 0.465. The van der Waals surface area contributed by atoms with Gasteiger partial charge in [-0.05, 0) is 30.5 Å². The van der Waals surface area contributed by atoms with Gasteiger partial charge in [0.05, 0.1) is 17.8 Å². The Morgan fingerprint density at radius 1 is 1.11 bits per heavy atom. The van der Waals surface area contributed by atoms with E-state index < -0.39 is 0 Å². The molecule has 5 rings (SSSR count). The fourth-order valence-corrected chi connectivity index (χ4v) is 4.37. The van der Waals surface area contributed by atoms with Crippen molar-refractivity contribution in [3.05, 3.63) is 54.4 Å². The van der Waals surface area contributed by atoms with Gasteiger partial charge >= 0.3 is 0 Å². The van der Waals surface area contributed by atoms with Crippen molar-refractivity contribution in [2.45, 2.75) is 38.1 Å². The van der Waals surface area contributed by atoms with E-state index >= 15 is 0 Å². The second-order valence-electron chi connectivity index (χ2n) is 7.41. The van der Waals surface area contributed by atoms with E-state index in [0.29, 0.717) is 6.04 Å². The summed E-state index contributed by atoms with van der Waals surface area (Å²) in [5.41, 5.74) is 5.15. The average Bonchev–Trinajstić information content (AvgIpc) is 3.37. The van der Waals surface area contributed by atoms with Gasteiger partial charge in [-0.2, -0.15) is 5.26 Å². The zero-order valence-corrected chi connectivity index (χ0v) is 15.6.